The van der Waals surface area contributed by atoms with Gasteiger partial charge in [0.1, 0.15) is 11.0 Å². The summed E-state index contributed by atoms with van der Waals surface area (Å²) in [6, 6.07) is 7.72. The number of nitrogens with one attached hydrogen (secondary N) is 2. The zero-order valence-electron chi connectivity index (χ0n) is 14.1. The third-order valence-electron chi connectivity index (χ3n) is 4.19. The summed E-state index contributed by atoms with van der Waals surface area (Å²) >= 11 is 1.60. The highest BCUT2D eigenvalue weighted by molar-refractivity contribution is 7.15. The molecule has 6 heteroatoms. The summed E-state index contributed by atoms with van der Waals surface area (Å²) in [5.74, 6) is -0.184. The molecule has 24 heavy (non-hydrogen) atoms. The summed E-state index contributed by atoms with van der Waals surface area (Å²) in [7, 11) is 0. The van der Waals surface area contributed by atoms with Crippen molar-refractivity contribution in [3.8, 4) is 10.6 Å². The molecular weight excluding hydrogens is 322 g/mol. The van der Waals surface area contributed by atoms with Crippen molar-refractivity contribution in [3.05, 3.63) is 40.4 Å². The molecule has 0 saturated carbocycles. The number of carbonyl (C=O) groups excluding carboxylic acids is 2. The second-order valence-electron chi connectivity index (χ2n) is 6.22. The van der Waals surface area contributed by atoms with E-state index in [-0.39, 0.29) is 17.9 Å². The number of thiazole rings is 1. The van der Waals surface area contributed by atoms with Gasteiger partial charge in [-0.05, 0) is 27.2 Å². The molecular formula is C18H21N3O2S. The molecule has 1 aliphatic heterocycles. The van der Waals surface area contributed by atoms with E-state index in [0.717, 1.165) is 21.1 Å². The molecule has 2 aromatic rings. The minimum atomic E-state index is -0.412. The van der Waals surface area contributed by atoms with Crippen molar-refractivity contribution in [3.63, 3.8) is 0 Å². The van der Waals surface area contributed by atoms with Gasteiger partial charge in [0.25, 0.3) is 0 Å². The van der Waals surface area contributed by atoms with Crippen LogP contribution in [0.5, 0.6) is 0 Å². The third-order valence-corrected chi connectivity index (χ3v) is 5.58. The maximum atomic E-state index is 12.3. The van der Waals surface area contributed by atoms with Gasteiger partial charge in [-0.25, -0.2) is 4.98 Å². The molecule has 2 atom stereocenters. The Bertz CT molecular complexity index is 767. The molecule has 0 aliphatic carbocycles. The molecule has 2 unspecified atom stereocenters. The largest absolute Gasteiger partial charge is 0.347 e. The number of carbonyl (C=O) groups is 2. The van der Waals surface area contributed by atoms with Crippen LogP contribution in [0.25, 0.3) is 10.6 Å². The summed E-state index contributed by atoms with van der Waals surface area (Å²) in [5, 5.41) is 6.64. The fraction of sp³-hybridized carbons (Fsp3) is 0.389. The minimum absolute atomic E-state index is 0.0570. The van der Waals surface area contributed by atoms with Gasteiger partial charge in [-0.2, -0.15) is 0 Å². The minimum Gasteiger partial charge on any atom is -0.347 e. The fourth-order valence-corrected chi connectivity index (χ4v) is 3.89. The first kappa shape index (κ1) is 16.6. The van der Waals surface area contributed by atoms with Gasteiger partial charge in [-0.15, -0.1) is 11.3 Å². The molecule has 0 bridgehead atoms. The van der Waals surface area contributed by atoms with Crippen molar-refractivity contribution >= 4 is 23.2 Å². The van der Waals surface area contributed by atoms with Crippen LogP contribution in [0.4, 0.5) is 0 Å². The topological polar surface area (TPSA) is 71.1 Å². The first-order valence-corrected chi connectivity index (χ1v) is 8.90. The van der Waals surface area contributed by atoms with E-state index in [4.69, 9.17) is 0 Å². The van der Waals surface area contributed by atoms with Gasteiger partial charge in [0.15, 0.2) is 0 Å². The molecule has 5 nitrogen and oxygen atoms in total. The van der Waals surface area contributed by atoms with Gasteiger partial charge >= 0.3 is 0 Å². The molecule has 2 amide bonds. The smallest absolute Gasteiger partial charge is 0.243 e. The van der Waals surface area contributed by atoms with Gasteiger partial charge in [0.05, 0.1) is 16.6 Å². The van der Waals surface area contributed by atoms with Crippen LogP contribution in [-0.4, -0.2) is 22.8 Å². The quantitative estimate of drug-likeness (QED) is 0.897. The number of aromatic nitrogens is 1. The van der Waals surface area contributed by atoms with Crippen LogP contribution >= 0.6 is 11.3 Å². The summed E-state index contributed by atoms with van der Waals surface area (Å²) < 4.78 is 0. The van der Waals surface area contributed by atoms with Crippen LogP contribution in [0.1, 0.15) is 41.9 Å². The second kappa shape index (κ2) is 6.73. The van der Waals surface area contributed by atoms with Crippen LogP contribution in [0.2, 0.25) is 0 Å². The Balaban J connectivity index is 1.73. The maximum Gasteiger partial charge on any atom is 0.243 e. The first-order chi connectivity index (χ1) is 11.4. The number of benzene rings is 1. The number of amides is 2. The van der Waals surface area contributed by atoms with Crippen LogP contribution in [0, 0.1) is 13.8 Å². The van der Waals surface area contributed by atoms with Crippen LogP contribution < -0.4 is 10.6 Å². The Morgan fingerprint density at radius 1 is 1.33 bits per heavy atom. The Morgan fingerprint density at radius 2 is 2.04 bits per heavy atom. The predicted octanol–water partition coefficient (Wildman–Crippen LogP) is 2.88. The number of hydrogen-bond acceptors (Lipinski definition) is 4. The molecule has 0 spiro atoms. The molecule has 3 rings (SSSR count). The lowest BCUT2D eigenvalue weighted by atomic mass is 10.1. The predicted molar refractivity (Wildman–Crippen MR) is 94.7 cm³/mol. The summed E-state index contributed by atoms with van der Waals surface area (Å²) in [5.41, 5.74) is 3.23. The van der Waals surface area contributed by atoms with Gasteiger partial charge in [0, 0.05) is 12.0 Å². The second-order valence-corrected chi connectivity index (χ2v) is 7.25. The SMILES string of the molecule is Cc1ccc(-c2nc(C)c(C(C)NC(=O)C3CCC(=O)N3)s2)cc1. The lowest BCUT2D eigenvalue weighted by Crippen LogP contribution is -2.42. The number of aryl methyl sites for hydroxylation is 2. The van der Waals surface area contributed by atoms with E-state index in [2.05, 4.69) is 46.8 Å². The summed E-state index contributed by atoms with van der Waals surface area (Å²) in [6.07, 6.45) is 0.983. The monoisotopic (exact) mass is 343 g/mol. The van der Waals surface area contributed by atoms with Crippen LogP contribution in [0.3, 0.4) is 0 Å². The summed E-state index contributed by atoms with van der Waals surface area (Å²) in [4.78, 5) is 29.2. The zero-order chi connectivity index (χ0) is 17.3. The van der Waals surface area contributed by atoms with E-state index >= 15 is 0 Å². The van der Waals surface area contributed by atoms with Gasteiger partial charge in [-0.1, -0.05) is 29.8 Å². The highest BCUT2D eigenvalue weighted by Gasteiger charge is 2.28. The van der Waals surface area contributed by atoms with Crippen molar-refractivity contribution in [1.82, 2.24) is 15.6 Å². The lowest BCUT2D eigenvalue weighted by Gasteiger charge is -2.16. The molecule has 1 aromatic heterocycles. The standard InChI is InChI=1S/C18H21N3O2S/c1-10-4-6-13(7-5-10)18-20-12(3)16(24-18)11(2)19-17(23)14-8-9-15(22)21-14/h4-7,11,14H,8-9H2,1-3H3,(H,19,23)(H,21,22). The van der Waals surface area contributed by atoms with Crippen molar-refractivity contribution < 1.29 is 9.59 Å². The fourth-order valence-electron chi connectivity index (χ4n) is 2.82. The highest BCUT2D eigenvalue weighted by Crippen LogP contribution is 2.32. The van der Waals surface area contributed by atoms with Crippen molar-refractivity contribution in [2.75, 3.05) is 0 Å². The Kier molecular flexibility index (Phi) is 4.66. The van der Waals surface area contributed by atoms with Crippen molar-refractivity contribution in [2.45, 2.75) is 45.7 Å². The average Bonchev–Trinajstić information content (AvgIpc) is 3.14. The molecule has 2 N–H and O–H groups in total. The molecule has 126 valence electrons. The maximum absolute atomic E-state index is 12.3. The van der Waals surface area contributed by atoms with E-state index in [0.29, 0.717) is 12.8 Å². The highest BCUT2D eigenvalue weighted by atomic mass is 32.1. The number of rotatable bonds is 4. The van der Waals surface area contributed by atoms with Crippen LogP contribution in [0.15, 0.2) is 24.3 Å². The molecule has 2 heterocycles. The van der Waals surface area contributed by atoms with E-state index in [1.807, 2.05) is 13.8 Å². The lowest BCUT2D eigenvalue weighted by molar-refractivity contribution is -0.126. The summed E-state index contributed by atoms with van der Waals surface area (Å²) in [6.45, 7) is 5.97. The van der Waals surface area contributed by atoms with Gasteiger partial charge in [0.2, 0.25) is 11.8 Å². The Hall–Kier alpha value is -2.21. The molecule has 1 saturated heterocycles. The van der Waals surface area contributed by atoms with Crippen molar-refractivity contribution in [1.29, 1.82) is 0 Å². The van der Waals surface area contributed by atoms with E-state index in [1.54, 1.807) is 11.3 Å². The van der Waals surface area contributed by atoms with Crippen LogP contribution in [-0.2, 0) is 9.59 Å². The van der Waals surface area contributed by atoms with E-state index in [9.17, 15) is 9.59 Å². The first-order valence-electron chi connectivity index (χ1n) is 8.08. The third kappa shape index (κ3) is 3.48. The van der Waals surface area contributed by atoms with E-state index < -0.39 is 6.04 Å². The Morgan fingerprint density at radius 3 is 2.67 bits per heavy atom. The normalized spacial score (nSPS) is 18.3. The number of nitrogens with zero attached hydrogens (tertiary/aromatic N) is 1. The van der Waals surface area contributed by atoms with E-state index in [1.165, 1.54) is 5.56 Å². The Labute approximate surface area is 145 Å². The average molecular weight is 343 g/mol. The van der Waals surface area contributed by atoms with Crippen molar-refractivity contribution in [2.24, 2.45) is 0 Å². The van der Waals surface area contributed by atoms with Gasteiger partial charge in [-0.3, -0.25) is 9.59 Å². The molecule has 1 aromatic carbocycles. The van der Waals surface area contributed by atoms with Gasteiger partial charge < -0.3 is 10.6 Å². The molecule has 1 fully saturated rings. The molecule has 1 aliphatic rings. The zero-order valence-corrected chi connectivity index (χ0v) is 14.9. The molecule has 0 radical (unpaired) electrons. The number of hydrogen-bond donors (Lipinski definition) is 2.